The van der Waals surface area contributed by atoms with Gasteiger partial charge in [0.1, 0.15) is 0 Å². The van der Waals surface area contributed by atoms with Crippen molar-refractivity contribution < 1.29 is 9.15 Å². The van der Waals surface area contributed by atoms with E-state index < -0.39 is 5.91 Å². The van der Waals surface area contributed by atoms with Gasteiger partial charge in [-0.3, -0.25) is 0 Å². The molecular formula is C49H36N4+2. The number of hydrogen-bond acceptors (Lipinski definition) is 0. The topological polar surface area (TPSA) is 15.9 Å². The van der Waals surface area contributed by atoms with Crippen LogP contribution < -0.4 is 10.7 Å². The Morgan fingerprint density at radius 2 is 0.698 bits per heavy atom. The fourth-order valence-electron chi connectivity index (χ4n) is 9.79. The lowest BCUT2D eigenvalue weighted by molar-refractivity contribution is -0.834. The van der Waals surface area contributed by atoms with Crippen molar-refractivity contribution in [1.82, 2.24) is 9.13 Å². The van der Waals surface area contributed by atoms with Gasteiger partial charge < -0.3 is 0 Å². The first-order valence-corrected chi connectivity index (χ1v) is 18.6. The Hall–Kier alpha value is -6.52. The first-order chi connectivity index (χ1) is 25.9. The zero-order valence-corrected chi connectivity index (χ0v) is 30.1. The smallest absolute Gasteiger partial charge is 0.198 e. The van der Waals surface area contributed by atoms with Gasteiger partial charge in [0.15, 0.2) is 0 Å². The Kier molecular flexibility index (Phi) is 5.42. The summed E-state index contributed by atoms with van der Waals surface area (Å²) in [7, 11) is 0. The summed E-state index contributed by atoms with van der Waals surface area (Å²) in [6.07, 6.45) is 9.49. The summed E-state index contributed by atoms with van der Waals surface area (Å²) in [5.74, 6) is -0.768. The van der Waals surface area contributed by atoms with Crippen molar-refractivity contribution in [3.05, 3.63) is 224 Å². The Bertz CT molecular complexity index is 2820. The van der Waals surface area contributed by atoms with Gasteiger partial charge in [-0.15, -0.1) is 0 Å². The first kappa shape index (κ1) is 29.1. The van der Waals surface area contributed by atoms with E-state index in [1.165, 1.54) is 112 Å². The summed E-state index contributed by atoms with van der Waals surface area (Å²) in [4.78, 5) is 0. The third-order valence-electron chi connectivity index (χ3n) is 12.1. The molecule has 4 nitrogen and oxygen atoms in total. The Balaban J connectivity index is 1.32. The van der Waals surface area contributed by atoms with Crippen LogP contribution in [0.25, 0.3) is 22.3 Å². The van der Waals surface area contributed by atoms with Crippen LogP contribution in [0.5, 0.6) is 0 Å². The normalized spacial score (nSPS) is 17.8. The van der Waals surface area contributed by atoms with Gasteiger partial charge in [0.05, 0.1) is 44.4 Å². The monoisotopic (exact) mass is 680 g/mol. The predicted molar refractivity (Wildman–Crippen MR) is 212 cm³/mol. The van der Waals surface area contributed by atoms with Crippen molar-refractivity contribution in [1.29, 1.82) is 0 Å². The van der Waals surface area contributed by atoms with Crippen molar-refractivity contribution in [3.63, 3.8) is 0 Å². The maximum absolute atomic E-state index is 2.66. The molecule has 0 saturated heterocycles. The molecule has 12 rings (SSSR count). The van der Waals surface area contributed by atoms with Crippen molar-refractivity contribution in [2.45, 2.75) is 33.6 Å². The third kappa shape index (κ3) is 3.47. The van der Waals surface area contributed by atoms with Crippen molar-refractivity contribution in [2.75, 3.05) is 0 Å². The third-order valence-corrected chi connectivity index (χ3v) is 12.1. The van der Waals surface area contributed by atoms with Crippen molar-refractivity contribution in [2.24, 2.45) is 0 Å². The van der Waals surface area contributed by atoms with Crippen LogP contribution in [0.2, 0.25) is 0 Å². The van der Waals surface area contributed by atoms with Crippen LogP contribution in [0.4, 0.5) is 0 Å². The van der Waals surface area contributed by atoms with E-state index in [0.717, 1.165) is 0 Å². The molecule has 250 valence electrons. The van der Waals surface area contributed by atoms with E-state index in [-0.39, 0.29) is 0 Å². The number of allylic oxidation sites excluding steroid dienone is 4. The van der Waals surface area contributed by atoms with Crippen LogP contribution in [0.15, 0.2) is 157 Å². The van der Waals surface area contributed by atoms with Crippen molar-refractivity contribution in [3.8, 4) is 0 Å². The fourth-order valence-corrected chi connectivity index (χ4v) is 9.79. The minimum atomic E-state index is -0.768. The first-order valence-electron chi connectivity index (χ1n) is 18.6. The van der Waals surface area contributed by atoms with E-state index in [0.29, 0.717) is 0 Å². The maximum Gasteiger partial charge on any atom is 0.553 e. The number of hydrogen-bond donors (Lipinski definition) is 0. The lowest BCUT2D eigenvalue weighted by Gasteiger charge is -2.41. The Morgan fingerprint density at radius 3 is 1.06 bits per heavy atom. The van der Waals surface area contributed by atoms with Crippen LogP contribution >= 0.6 is 0 Å². The molecule has 0 fully saturated rings. The van der Waals surface area contributed by atoms with Gasteiger partial charge >= 0.3 is 5.91 Å². The number of aryl methyl sites for hydroxylation is 4. The quantitative estimate of drug-likeness (QED) is 0.170. The molecule has 8 heterocycles. The number of benzene rings is 4. The summed E-state index contributed by atoms with van der Waals surface area (Å²) in [6, 6.07) is 45.8. The highest BCUT2D eigenvalue weighted by atomic mass is 15.6. The number of nitrogens with zero attached hydrogens (tertiary/aromatic N) is 4. The molecule has 0 unspecified atom stereocenters. The summed E-state index contributed by atoms with van der Waals surface area (Å²) in [5.41, 5.74) is 22.3. The zero-order valence-electron chi connectivity index (χ0n) is 30.1. The second-order valence-electron chi connectivity index (χ2n) is 15.3. The van der Waals surface area contributed by atoms with Gasteiger partial charge in [0.25, 0.3) is 0 Å². The molecule has 0 saturated carbocycles. The lowest BCUT2D eigenvalue weighted by atomic mass is 9.92. The molecule has 0 bridgehead atoms. The van der Waals surface area contributed by atoms with Crippen LogP contribution in [-0.2, 0) is 5.91 Å². The van der Waals surface area contributed by atoms with E-state index in [4.69, 9.17) is 0 Å². The maximum atomic E-state index is 2.66. The highest BCUT2D eigenvalue weighted by molar-refractivity contribution is 6.29. The number of aromatic nitrogens is 2. The molecule has 4 heteroatoms. The second-order valence-corrected chi connectivity index (χ2v) is 15.3. The lowest BCUT2D eigenvalue weighted by Crippen LogP contribution is -2.71. The minimum Gasteiger partial charge on any atom is -0.198 e. The summed E-state index contributed by atoms with van der Waals surface area (Å²) in [5, 5.41) is 2.44. The summed E-state index contributed by atoms with van der Waals surface area (Å²) >= 11 is 0. The standard InChI is InChI=1S/C49H36N4/c1-29-5-13-33(14-6-29)45-37-21-23-39-46(34-15-7-30(2)8-16-34)41-25-27-43-48(36-19-11-32(4)12-20-36)44-28-26-42-47(35-17-9-31(3)10-18-35)40-24-22-38(45)51(40)49(50(37)39,52(41)43)53(42)44/h5-28H,1-4H3/q+2. The van der Waals surface area contributed by atoms with Gasteiger partial charge in [0.2, 0.25) is 22.8 Å². The van der Waals surface area contributed by atoms with E-state index >= 15 is 0 Å². The number of rotatable bonds is 4. The Labute approximate surface area is 308 Å². The van der Waals surface area contributed by atoms with Gasteiger partial charge in [0, 0.05) is 24.3 Å². The molecule has 1 spiro atoms. The average Bonchev–Trinajstić information content (AvgIpc) is 3.99. The van der Waals surface area contributed by atoms with Gasteiger partial charge in [-0.25, -0.2) is 0 Å². The molecular weight excluding hydrogens is 645 g/mol. The van der Waals surface area contributed by atoms with Gasteiger partial charge in [-0.05, 0) is 74.2 Å². The molecule has 2 aromatic heterocycles. The average molecular weight is 681 g/mol. The van der Waals surface area contributed by atoms with E-state index in [1.807, 2.05) is 0 Å². The molecule has 6 aliphatic heterocycles. The zero-order chi connectivity index (χ0) is 35.3. The van der Waals surface area contributed by atoms with E-state index in [9.17, 15) is 0 Å². The van der Waals surface area contributed by atoms with E-state index in [1.54, 1.807) is 0 Å². The van der Waals surface area contributed by atoms with Crippen LogP contribution in [-0.4, -0.2) is 29.7 Å². The highest BCUT2D eigenvalue weighted by Crippen LogP contribution is 2.53. The molecule has 0 radical (unpaired) electrons. The van der Waals surface area contributed by atoms with Crippen LogP contribution in [0, 0.1) is 27.7 Å². The molecule has 6 aromatic rings. The molecule has 0 amide bonds. The van der Waals surface area contributed by atoms with Gasteiger partial charge in [-0.1, -0.05) is 128 Å². The molecule has 0 aliphatic carbocycles. The molecule has 0 N–H and O–H groups in total. The summed E-state index contributed by atoms with van der Waals surface area (Å²) < 4.78 is 10.6. The molecule has 53 heavy (non-hydrogen) atoms. The van der Waals surface area contributed by atoms with Gasteiger partial charge in [-0.2, -0.15) is 9.13 Å². The SMILES string of the molecule is Cc1ccc(C2=C3C=CC4=[N+]3C35n6c2ccc6C(c2ccc(C)cc2)=C2C=CC(=[N+]23)C(c2ccc(C)cc2)=c2ccc(n25)=C4c2ccc(C)cc2)cc1. The Morgan fingerprint density at radius 1 is 0.358 bits per heavy atom. The van der Waals surface area contributed by atoms with Crippen LogP contribution in [0.1, 0.15) is 55.9 Å². The highest BCUT2D eigenvalue weighted by Gasteiger charge is 2.72. The van der Waals surface area contributed by atoms with Crippen molar-refractivity contribution >= 4 is 33.7 Å². The van der Waals surface area contributed by atoms with E-state index in [2.05, 4.69) is 192 Å². The molecule has 0 atom stereocenters. The fraction of sp³-hybridized carbons (Fsp3) is 0.102. The predicted octanol–water partition coefficient (Wildman–Crippen LogP) is 7.66. The van der Waals surface area contributed by atoms with Crippen LogP contribution in [0.3, 0.4) is 0 Å². The minimum absolute atomic E-state index is 0.768. The molecule has 6 aliphatic rings. The second kappa shape index (κ2) is 9.87. The largest absolute Gasteiger partial charge is 0.553 e. The summed E-state index contributed by atoms with van der Waals surface area (Å²) in [6.45, 7) is 8.68. The molecule has 4 aromatic carbocycles.